The lowest BCUT2D eigenvalue weighted by Crippen LogP contribution is -2.33. The molecule has 0 N–H and O–H groups in total. The van der Waals surface area contributed by atoms with Crippen LogP contribution in [0, 0.1) is 5.92 Å². The third-order valence-corrected chi connectivity index (χ3v) is 2.57. The second kappa shape index (κ2) is 3.81. The van der Waals surface area contributed by atoms with Crippen LogP contribution in [0.4, 0.5) is 0 Å². The first-order valence-corrected chi connectivity index (χ1v) is 4.85. The zero-order chi connectivity index (χ0) is 10.8. The highest BCUT2D eigenvalue weighted by atomic mass is 16.3. The van der Waals surface area contributed by atoms with E-state index in [1.807, 2.05) is 0 Å². The highest BCUT2D eigenvalue weighted by molar-refractivity contribution is 6.42. The summed E-state index contributed by atoms with van der Waals surface area (Å²) in [6.45, 7) is 0. The normalized spacial score (nSPS) is 21.7. The van der Waals surface area contributed by atoms with Crippen molar-refractivity contribution >= 4 is 17.3 Å². The lowest BCUT2D eigenvalue weighted by Gasteiger charge is -2.16. The minimum atomic E-state index is -0.822. The van der Waals surface area contributed by atoms with E-state index < -0.39 is 17.5 Å². The van der Waals surface area contributed by atoms with Crippen molar-refractivity contribution in [2.75, 3.05) is 0 Å². The zero-order valence-corrected chi connectivity index (χ0v) is 8.06. The van der Waals surface area contributed by atoms with Crippen LogP contribution in [0.15, 0.2) is 22.8 Å². The predicted molar refractivity (Wildman–Crippen MR) is 50.4 cm³/mol. The topological polar surface area (TPSA) is 64.3 Å². The van der Waals surface area contributed by atoms with Crippen LogP contribution in [0.3, 0.4) is 0 Å². The summed E-state index contributed by atoms with van der Waals surface area (Å²) in [4.78, 5) is 34.3. The summed E-state index contributed by atoms with van der Waals surface area (Å²) >= 11 is 0. The molecule has 1 aromatic heterocycles. The van der Waals surface area contributed by atoms with Gasteiger partial charge < -0.3 is 4.42 Å². The van der Waals surface area contributed by atoms with Crippen molar-refractivity contribution < 1.29 is 18.8 Å². The van der Waals surface area contributed by atoms with Gasteiger partial charge in [0, 0.05) is 6.42 Å². The van der Waals surface area contributed by atoms with Gasteiger partial charge in [-0.1, -0.05) is 0 Å². The Labute approximate surface area is 86.3 Å². The summed E-state index contributed by atoms with van der Waals surface area (Å²) in [7, 11) is 0. The first-order chi connectivity index (χ1) is 7.20. The number of carbonyl (C=O) groups is 3. The van der Waals surface area contributed by atoms with Crippen LogP contribution in [0.1, 0.15) is 29.8 Å². The fraction of sp³-hybridized carbons (Fsp3) is 0.364. The van der Waals surface area contributed by atoms with Gasteiger partial charge in [-0.25, -0.2) is 0 Å². The molecule has 1 aromatic rings. The number of hydrogen-bond acceptors (Lipinski definition) is 4. The highest BCUT2D eigenvalue weighted by Crippen LogP contribution is 2.22. The summed E-state index contributed by atoms with van der Waals surface area (Å²) in [5, 5.41) is 0. The van der Waals surface area contributed by atoms with Crippen molar-refractivity contribution in [2.24, 2.45) is 5.92 Å². The maximum Gasteiger partial charge on any atom is 0.209 e. The minimum absolute atomic E-state index is 0.156. The molecule has 0 bridgehead atoms. The lowest BCUT2D eigenvalue weighted by molar-refractivity contribution is -0.139. The van der Waals surface area contributed by atoms with Gasteiger partial charge in [-0.2, -0.15) is 0 Å². The zero-order valence-electron chi connectivity index (χ0n) is 8.06. The molecule has 0 amide bonds. The fourth-order valence-corrected chi connectivity index (χ4v) is 1.76. The molecule has 1 heterocycles. The molecule has 1 aliphatic rings. The molecular weight excluding hydrogens is 196 g/mol. The van der Waals surface area contributed by atoms with Gasteiger partial charge in [-0.3, -0.25) is 14.4 Å². The summed E-state index contributed by atoms with van der Waals surface area (Å²) in [6.07, 6.45) is 2.69. The maximum absolute atomic E-state index is 11.8. The van der Waals surface area contributed by atoms with E-state index >= 15 is 0 Å². The minimum Gasteiger partial charge on any atom is -0.461 e. The van der Waals surface area contributed by atoms with Crippen molar-refractivity contribution in [2.45, 2.75) is 19.3 Å². The van der Waals surface area contributed by atoms with Crippen molar-refractivity contribution in [1.82, 2.24) is 0 Å². The van der Waals surface area contributed by atoms with Gasteiger partial charge in [0.25, 0.3) is 0 Å². The summed E-state index contributed by atoms with van der Waals surface area (Å²) in [5.74, 6) is -2.05. The molecule has 2 rings (SSSR count). The van der Waals surface area contributed by atoms with E-state index in [1.165, 1.54) is 12.3 Å². The number of hydrogen-bond donors (Lipinski definition) is 0. The Bertz CT molecular complexity index is 402. The first kappa shape index (κ1) is 9.83. The second-order valence-corrected chi connectivity index (χ2v) is 3.57. The number of rotatable bonds is 2. The van der Waals surface area contributed by atoms with Crippen LogP contribution in [-0.2, 0) is 9.59 Å². The summed E-state index contributed by atoms with van der Waals surface area (Å²) < 4.78 is 4.92. The summed E-state index contributed by atoms with van der Waals surface area (Å²) in [6, 6.07) is 3.09. The first-order valence-electron chi connectivity index (χ1n) is 4.85. The van der Waals surface area contributed by atoms with Crippen LogP contribution >= 0.6 is 0 Å². The Kier molecular flexibility index (Phi) is 2.49. The molecule has 0 aromatic carbocycles. The van der Waals surface area contributed by atoms with Gasteiger partial charge in [0.15, 0.2) is 11.5 Å². The van der Waals surface area contributed by atoms with Gasteiger partial charge in [0.2, 0.25) is 11.6 Å². The molecule has 0 spiro atoms. The van der Waals surface area contributed by atoms with Gasteiger partial charge in [0.05, 0.1) is 12.2 Å². The van der Waals surface area contributed by atoms with Crippen LogP contribution in [0.5, 0.6) is 0 Å². The van der Waals surface area contributed by atoms with Crippen LogP contribution in [0.2, 0.25) is 0 Å². The van der Waals surface area contributed by atoms with Crippen LogP contribution in [0.25, 0.3) is 0 Å². The molecule has 0 aliphatic heterocycles. The SMILES string of the molecule is O=C1CCCC(C(=O)c2ccco2)C1=O. The van der Waals surface area contributed by atoms with Crippen molar-refractivity contribution in [3.8, 4) is 0 Å². The number of ketones is 3. The molecule has 1 unspecified atom stereocenters. The molecular formula is C11H10O4. The molecule has 1 fully saturated rings. The average molecular weight is 206 g/mol. The third kappa shape index (κ3) is 1.75. The van der Waals surface area contributed by atoms with Gasteiger partial charge in [0.1, 0.15) is 0 Å². The molecule has 1 atom stereocenters. The second-order valence-electron chi connectivity index (χ2n) is 3.57. The Morgan fingerprint density at radius 1 is 1.40 bits per heavy atom. The van der Waals surface area contributed by atoms with E-state index in [0.717, 1.165) is 0 Å². The van der Waals surface area contributed by atoms with Crippen molar-refractivity contribution in [3.05, 3.63) is 24.2 Å². The van der Waals surface area contributed by atoms with E-state index in [9.17, 15) is 14.4 Å². The average Bonchev–Trinajstić information content (AvgIpc) is 2.74. The molecule has 15 heavy (non-hydrogen) atoms. The monoisotopic (exact) mass is 206 g/mol. The number of carbonyl (C=O) groups excluding carboxylic acids is 3. The number of Topliss-reactive ketones (excluding diaryl/α,β-unsaturated/α-hetero) is 3. The largest absolute Gasteiger partial charge is 0.461 e. The Morgan fingerprint density at radius 3 is 2.87 bits per heavy atom. The van der Waals surface area contributed by atoms with E-state index in [0.29, 0.717) is 12.8 Å². The lowest BCUT2D eigenvalue weighted by atomic mass is 9.83. The molecule has 1 saturated carbocycles. The quantitative estimate of drug-likeness (QED) is 0.417. The molecule has 78 valence electrons. The van der Waals surface area contributed by atoms with Gasteiger partial charge in [-0.15, -0.1) is 0 Å². The van der Waals surface area contributed by atoms with E-state index in [1.54, 1.807) is 6.07 Å². The molecule has 1 aliphatic carbocycles. The van der Waals surface area contributed by atoms with Crippen LogP contribution in [-0.4, -0.2) is 17.3 Å². The van der Waals surface area contributed by atoms with E-state index in [4.69, 9.17) is 4.42 Å². The molecule has 0 saturated heterocycles. The fourth-order valence-electron chi connectivity index (χ4n) is 1.76. The Hall–Kier alpha value is -1.71. The third-order valence-electron chi connectivity index (χ3n) is 2.57. The van der Waals surface area contributed by atoms with Gasteiger partial charge in [-0.05, 0) is 25.0 Å². The standard InChI is InChI=1S/C11H10O4/c12-8-4-1-3-7(10(8)13)11(14)9-5-2-6-15-9/h2,5-7H,1,3-4H2. The smallest absolute Gasteiger partial charge is 0.209 e. The molecule has 4 heteroatoms. The Balaban J connectivity index is 2.20. The predicted octanol–water partition coefficient (Wildman–Crippen LogP) is 1.40. The Morgan fingerprint density at radius 2 is 2.20 bits per heavy atom. The summed E-state index contributed by atoms with van der Waals surface area (Å²) in [5.41, 5.74) is 0. The maximum atomic E-state index is 11.8. The number of furan rings is 1. The van der Waals surface area contributed by atoms with Crippen molar-refractivity contribution in [3.63, 3.8) is 0 Å². The van der Waals surface area contributed by atoms with Crippen molar-refractivity contribution in [1.29, 1.82) is 0 Å². The van der Waals surface area contributed by atoms with Crippen LogP contribution < -0.4 is 0 Å². The van der Waals surface area contributed by atoms with E-state index in [2.05, 4.69) is 0 Å². The molecule has 0 radical (unpaired) electrons. The molecule has 4 nitrogen and oxygen atoms in total. The highest BCUT2D eigenvalue weighted by Gasteiger charge is 2.35. The van der Waals surface area contributed by atoms with E-state index in [-0.39, 0.29) is 18.0 Å². The van der Waals surface area contributed by atoms with Gasteiger partial charge >= 0.3 is 0 Å².